The minimum absolute atomic E-state index is 0.0384. The number of carboxylic acid groups (broad SMARTS) is 1. The molecule has 0 bridgehead atoms. The molecule has 5 nitrogen and oxygen atoms in total. The average Bonchev–Trinajstić information content (AvgIpc) is 2.72. The summed E-state index contributed by atoms with van der Waals surface area (Å²) in [5, 5.41) is 10.3. The highest BCUT2D eigenvalue weighted by atomic mass is 32.2. The fourth-order valence-corrected chi connectivity index (χ4v) is 6.17. The van der Waals surface area contributed by atoms with E-state index in [-0.39, 0.29) is 35.1 Å². The van der Waals surface area contributed by atoms with Gasteiger partial charge in [0.25, 0.3) is 0 Å². The van der Waals surface area contributed by atoms with Crippen molar-refractivity contribution in [3.05, 3.63) is 63.7 Å². The van der Waals surface area contributed by atoms with Gasteiger partial charge in [-0.15, -0.1) is 0 Å². The molecule has 0 aliphatic carbocycles. The summed E-state index contributed by atoms with van der Waals surface area (Å²) in [6, 6.07) is 9.72. The van der Waals surface area contributed by atoms with Crippen LogP contribution in [0.15, 0.2) is 30.3 Å². The van der Waals surface area contributed by atoms with Gasteiger partial charge >= 0.3 is 6.09 Å². The van der Waals surface area contributed by atoms with E-state index in [9.17, 15) is 18.3 Å². The van der Waals surface area contributed by atoms with E-state index in [1.165, 1.54) is 5.56 Å². The molecule has 6 heteroatoms. The van der Waals surface area contributed by atoms with E-state index in [1.54, 1.807) is 0 Å². The number of hydrogen-bond donors (Lipinski definition) is 1. The molecule has 0 unspecified atom stereocenters. The van der Waals surface area contributed by atoms with E-state index in [0.717, 1.165) is 16.7 Å². The Hall–Kier alpha value is -2.34. The van der Waals surface area contributed by atoms with E-state index in [2.05, 4.69) is 53.7 Å². The third kappa shape index (κ3) is 6.27. The molecule has 0 saturated heterocycles. The number of hydrogen-bond acceptors (Lipinski definition) is 3. The largest absolute Gasteiger partial charge is 0.464 e. The van der Waals surface area contributed by atoms with Crippen molar-refractivity contribution in [3.8, 4) is 0 Å². The van der Waals surface area contributed by atoms with Crippen LogP contribution in [-0.2, 0) is 15.8 Å². The van der Waals surface area contributed by atoms with E-state index < -0.39 is 16.1 Å². The van der Waals surface area contributed by atoms with Gasteiger partial charge in [-0.3, -0.25) is 0 Å². The predicted octanol–water partition coefficient (Wildman–Crippen LogP) is 8.32. The van der Waals surface area contributed by atoms with Gasteiger partial charge in [0.15, 0.2) is 0 Å². The highest BCUT2D eigenvalue weighted by molar-refractivity contribution is 7.92. The number of para-hydroxylation sites is 1. The molecule has 1 amide bonds. The smallest absolute Gasteiger partial charge is 0.425 e. The average molecular weight is 502 g/mol. The number of amides is 1. The van der Waals surface area contributed by atoms with Crippen LogP contribution >= 0.6 is 0 Å². The van der Waals surface area contributed by atoms with Gasteiger partial charge in [0.2, 0.25) is 10.0 Å². The van der Waals surface area contributed by atoms with Gasteiger partial charge in [-0.2, -0.15) is 4.31 Å². The monoisotopic (exact) mass is 501 g/mol. The lowest BCUT2D eigenvalue weighted by atomic mass is 9.85. The Morgan fingerprint density at radius 3 is 1.46 bits per heavy atom. The summed E-state index contributed by atoms with van der Waals surface area (Å²) in [5.74, 6) is 0.0697. The maximum Gasteiger partial charge on any atom is 0.425 e. The number of rotatable bonds is 9. The molecular formula is C29H43NO4S. The van der Waals surface area contributed by atoms with Crippen LogP contribution < -0.4 is 4.31 Å². The van der Waals surface area contributed by atoms with Gasteiger partial charge in [-0.1, -0.05) is 99.6 Å². The van der Waals surface area contributed by atoms with Gasteiger partial charge in [0.05, 0.1) is 11.4 Å². The van der Waals surface area contributed by atoms with Crippen LogP contribution in [0, 0.1) is 0 Å². The normalized spacial score (nSPS) is 12.4. The predicted molar refractivity (Wildman–Crippen MR) is 146 cm³/mol. The van der Waals surface area contributed by atoms with Crippen molar-refractivity contribution < 1.29 is 18.3 Å². The molecule has 0 fully saturated rings. The molecule has 2 aromatic rings. The van der Waals surface area contributed by atoms with Crippen LogP contribution in [0.3, 0.4) is 0 Å². The molecule has 1 N–H and O–H groups in total. The summed E-state index contributed by atoms with van der Waals surface area (Å²) >= 11 is 0. The van der Waals surface area contributed by atoms with Crippen molar-refractivity contribution in [2.24, 2.45) is 0 Å². The lowest BCUT2D eigenvalue weighted by Crippen LogP contribution is -2.38. The van der Waals surface area contributed by atoms with Crippen LogP contribution in [0.5, 0.6) is 0 Å². The molecule has 0 atom stereocenters. The first kappa shape index (κ1) is 28.9. The highest BCUT2D eigenvalue weighted by Crippen LogP contribution is 2.39. The lowest BCUT2D eigenvalue weighted by molar-refractivity contribution is 0.206. The topological polar surface area (TPSA) is 74.7 Å². The minimum atomic E-state index is -4.25. The fourth-order valence-electron chi connectivity index (χ4n) is 4.62. The van der Waals surface area contributed by atoms with Crippen LogP contribution in [0.25, 0.3) is 0 Å². The summed E-state index contributed by atoms with van der Waals surface area (Å²) in [4.78, 5) is 12.6. The maximum absolute atomic E-state index is 14.0. The first-order valence-corrected chi connectivity index (χ1v) is 14.3. The lowest BCUT2D eigenvalue weighted by Gasteiger charge is -2.29. The quantitative estimate of drug-likeness (QED) is 0.375. The third-order valence-corrected chi connectivity index (χ3v) is 8.12. The number of benzene rings is 2. The van der Waals surface area contributed by atoms with Crippen LogP contribution in [-0.4, -0.2) is 19.6 Å². The molecule has 0 heterocycles. The second-order valence-corrected chi connectivity index (χ2v) is 12.9. The van der Waals surface area contributed by atoms with E-state index in [4.69, 9.17) is 0 Å². The Kier molecular flexibility index (Phi) is 9.21. The van der Waals surface area contributed by atoms with Crippen molar-refractivity contribution in [3.63, 3.8) is 0 Å². The van der Waals surface area contributed by atoms with Gasteiger partial charge in [0, 0.05) is 0 Å². The molecule has 0 saturated carbocycles. The number of carbonyl (C=O) groups is 1. The Bertz CT molecular complexity index is 1110. The SMILES string of the molecule is CC(C)c1cc(C(C)C)c(CS(=O)(=O)N(C(=O)O)c2c(C(C)C)cccc2C(C)C)c(C(C)C)c1. The Labute approximate surface area is 212 Å². The summed E-state index contributed by atoms with van der Waals surface area (Å²) < 4.78 is 28.7. The zero-order valence-corrected chi connectivity index (χ0v) is 23.8. The van der Waals surface area contributed by atoms with E-state index in [0.29, 0.717) is 21.4 Å². The second kappa shape index (κ2) is 11.2. The first-order valence-electron chi connectivity index (χ1n) is 12.6. The molecule has 2 rings (SSSR count). The van der Waals surface area contributed by atoms with Crippen molar-refractivity contribution in [1.82, 2.24) is 0 Å². The van der Waals surface area contributed by atoms with E-state index in [1.807, 2.05) is 45.9 Å². The first-order chi connectivity index (χ1) is 16.1. The van der Waals surface area contributed by atoms with Crippen molar-refractivity contribution >= 4 is 21.8 Å². The van der Waals surface area contributed by atoms with Crippen LogP contribution in [0.4, 0.5) is 10.5 Å². The standard InChI is InChI=1S/C29H43NO4S/c1-17(2)22-14-25(20(7)8)27(26(15-22)21(9)10)16-35(33,34)30(29(31)32)28-23(18(3)4)12-11-13-24(28)19(5)6/h11-15,17-21H,16H2,1-10H3,(H,31,32). The van der Waals surface area contributed by atoms with Crippen LogP contribution in [0.2, 0.25) is 0 Å². The molecule has 194 valence electrons. The molecule has 0 aliphatic rings. The van der Waals surface area contributed by atoms with Gasteiger partial charge in [0.1, 0.15) is 0 Å². The Morgan fingerprint density at radius 2 is 1.14 bits per heavy atom. The van der Waals surface area contributed by atoms with Crippen molar-refractivity contribution in [1.29, 1.82) is 0 Å². The molecule has 0 aromatic heterocycles. The summed E-state index contributed by atoms with van der Waals surface area (Å²) in [5.41, 5.74) is 5.53. The van der Waals surface area contributed by atoms with Crippen LogP contribution in [0.1, 0.15) is 132 Å². The molecular weight excluding hydrogens is 458 g/mol. The Balaban J connectivity index is 2.83. The molecule has 0 spiro atoms. The Morgan fingerprint density at radius 1 is 0.743 bits per heavy atom. The van der Waals surface area contributed by atoms with Gasteiger partial charge in [-0.05, 0) is 63.0 Å². The zero-order valence-electron chi connectivity index (χ0n) is 23.0. The molecule has 35 heavy (non-hydrogen) atoms. The number of sulfonamides is 1. The number of anilines is 1. The summed E-state index contributed by atoms with van der Waals surface area (Å²) in [6.07, 6.45) is -1.48. The second-order valence-electron chi connectivity index (χ2n) is 11.0. The van der Waals surface area contributed by atoms with Gasteiger partial charge in [-0.25, -0.2) is 13.2 Å². The van der Waals surface area contributed by atoms with E-state index >= 15 is 0 Å². The van der Waals surface area contributed by atoms with Crippen molar-refractivity contribution in [2.45, 2.75) is 105 Å². The summed E-state index contributed by atoms with van der Waals surface area (Å²) in [6.45, 7) is 20.3. The molecule has 0 radical (unpaired) electrons. The molecule has 2 aromatic carbocycles. The van der Waals surface area contributed by atoms with Gasteiger partial charge < -0.3 is 5.11 Å². The minimum Gasteiger partial charge on any atom is -0.464 e. The molecule has 0 aliphatic heterocycles. The third-order valence-electron chi connectivity index (χ3n) is 6.58. The summed E-state index contributed by atoms with van der Waals surface area (Å²) in [7, 11) is -4.25. The zero-order chi connectivity index (χ0) is 26.8. The highest BCUT2D eigenvalue weighted by Gasteiger charge is 2.35. The van der Waals surface area contributed by atoms with Crippen molar-refractivity contribution in [2.75, 3.05) is 4.31 Å². The maximum atomic E-state index is 14.0. The number of nitrogens with zero attached hydrogens (tertiary/aromatic N) is 1. The fraction of sp³-hybridized carbons (Fsp3) is 0.552.